The zero-order valence-corrected chi connectivity index (χ0v) is 55.8. The molecule has 2 fully saturated rings. The number of rotatable bonds is 54. The molecule has 0 spiro atoms. The van der Waals surface area contributed by atoms with Crippen molar-refractivity contribution in [3.63, 3.8) is 0 Å². The second-order valence-corrected chi connectivity index (χ2v) is 23.5. The van der Waals surface area contributed by atoms with Crippen LogP contribution < -0.4 is 5.32 Å². The van der Waals surface area contributed by atoms with Gasteiger partial charge in [0.05, 0.1) is 32.0 Å². The summed E-state index contributed by atoms with van der Waals surface area (Å²) in [7, 11) is 0. The quantitative estimate of drug-likeness (QED) is 0.0204. The number of ether oxygens (including phenoxy) is 4. The Morgan fingerprint density at radius 3 is 1.21 bits per heavy atom. The number of aliphatic hydroxyl groups is 8. The first-order valence-corrected chi connectivity index (χ1v) is 34.9. The maximum atomic E-state index is 13.3. The van der Waals surface area contributed by atoms with Crippen molar-refractivity contribution in [3.8, 4) is 0 Å². The molecule has 0 aromatic heterocycles. The van der Waals surface area contributed by atoms with E-state index in [2.05, 4.69) is 177 Å². The lowest BCUT2D eigenvalue weighted by Gasteiger charge is -2.46. The second-order valence-electron chi connectivity index (χ2n) is 23.5. The smallest absolute Gasteiger partial charge is 0.220 e. The van der Waals surface area contributed by atoms with E-state index in [-0.39, 0.29) is 18.9 Å². The van der Waals surface area contributed by atoms with E-state index < -0.39 is 86.8 Å². The third kappa shape index (κ3) is 43.1. The Morgan fingerprint density at radius 1 is 0.407 bits per heavy atom. The molecule has 0 saturated carbocycles. The summed E-state index contributed by atoms with van der Waals surface area (Å²) in [5.74, 6) is -0.280. The van der Waals surface area contributed by atoms with Gasteiger partial charge in [0.15, 0.2) is 12.6 Å². The van der Waals surface area contributed by atoms with Crippen LogP contribution in [0.2, 0.25) is 0 Å². The van der Waals surface area contributed by atoms with Crippen molar-refractivity contribution in [2.24, 2.45) is 0 Å². The standard InChI is InChI=1S/C77H123NO13/c1-3-5-7-9-11-13-15-17-19-21-23-24-25-26-27-28-29-30-31-32-33-34-35-36-37-38-39-40-41-42-43-45-47-49-51-53-55-57-59-61-69(82)78-65(66(81)60-58-56-54-52-50-48-46-44-22-20-18-16-14-12-10-8-6-4-2)64-88-76-74(87)72(85)75(68(63-80)90-76)91-77-73(86)71(84)70(83)67(62-79)89-77/h5,7,11,13,17,19,22-24,26-27,29-30,32-33,35-36,38-39,41-42,44-45,47,50,52,58,60,65-68,70-77,79-81,83-87H,3-4,6,8-10,12,14-16,18,20-21,25,28,31,34,37,40,43,46,48-49,51,53-57,59,61-64H2,1-2H3,(H,78,82)/b7-5-,13-11-,19-17-,24-23-,27-26-,30-29-,33-32-,36-35-,39-38-,42-41-,44-22+,47-45-,52-50+,60-58+. The number of unbranched alkanes of at least 4 members (excludes halogenated alkanes) is 15. The second kappa shape index (κ2) is 59.1. The van der Waals surface area contributed by atoms with E-state index in [0.29, 0.717) is 12.8 Å². The Bertz CT molecular complexity index is 2180. The molecule has 2 aliphatic rings. The normalized spacial score (nSPS) is 23.9. The molecule has 0 aromatic rings. The Morgan fingerprint density at radius 2 is 0.769 bits per heavy atom. The summed E-state index contributed by atoms with van der Waals surface area (Å²) in [5.41, 5.74) is 0. The van der Waals surface area contributed by atoms with Crippen LogP contribution >= 0.6 is 0 Å². The molecule has 12 unspecified atom stereocenters. The Labute approximate surface area is 549 Å². The van der Waals surface area contributed by atoms with Gasteiger partial charge in [0, 0.05) is 6.42 Å². The predicted octanol–water partition coefficient (Wildman–Crippen LogP) is 14.4. The van der Waals surface area contributed by atoms with Gasteiger partial charge < -0.3 is 65.1 Å². The molecule has 2 saturated heterocycles. The van der Waals surface area contributed by atoms with Gasteiger partial charge in [0.2, 0.25) is 5.91 Å². The molecule has 2 aliphatic heterocycles. The lowest BCUT2D eigenvalue weighted by atomic mass is 9.97. The minimum absolute atomic E-state index is 0.236. The average Bonchev–Trinajstić information content (AvgIpc) is 1.19. The van der Waals surface area contributed by atoms with Crippen LogP contribution in [0.1, 0.15) is 213 Å². The van der Waals surface area contributed by atoms with Gasteiger partial charge in [-0.1, -0.05) is 248 Å². The monoisotopic (exact) mass is 1270 g/mol. The van der Waals surface area contributed by atoms with Gasteiger partial charge in [0.1, 0.15) is 48.8 Å². The highest BCUT2D eigenvalue weighted by Crippen LogP contribution is 2.30. The van der Waals surface area contributed by atoms with Crippen LogP contribution in [0.3, 0.4) is 0 Å². The van der Waals surface area contributed by atoms with Crippen LogP contribution in [0.5, 0.6) is 0 Å². The van der Waals surface area contributed by atoms with Crippen molar-refractivity contribution in [2.45, 2.75) is 286 Å². The topological polar surface area (TPSA) is 228 Å². The number of allylic oxidation sites excluding steroid dienone is 27. The number of aliphatic hydroxyl groups excluding tert-OH is 8. The Balaban J connectivity index is 1.69. The number of carbonyl (C=O) groups excluding carboxylic acids is 1. The third-order valence-electron chi connectivity index (χ3n) is 15.6. The van der Waals surface area contributed by atoms with Crippen LogP contribution in [0.25, 0.3) is 0 Å². The minimum Gasteiger partial charge on any atom is -0.394 e. The molecule has 14 heteroatoms. The summed E-state index contributed by atoms with van der Waals surface area (Å²) in [6.45, 7) is 2.62. The fourth-order valence-electron chi connectivity index (χ4n) is 10.1. The first-order valence-electron chi connectivity index (χ1n) is 34.9. The van der Waals surface area contributed by atoms with Gasteiger partial charge in [-0.25, -0.2) is 0 Å². The van der Waals surface area contributed by atoms with Crippen molar-refractivity contribution < 1.29 is 64.6 Å². The summed E-state index contributed by atoms with van der Waals surface area (Å²) in [6, 6.07) is -0.962. The average molecular weight is 1270 g/mol. The van der Waals surface area contributed by atoms with Gasteiger partial charge in [-0.05, 0) is 128 Å². The fourth-order valence-corrected chi connectivity index (χ4v) is 10.1. The summed E-state index contributed by atoms with van der Waals surface area (Å²) >= 11 is 0. The highest BCUT2D eigenvalue weighted by molar-refractivity contribution is 5.76. The van der Waals surface area contributed by atoms with E-state index >= 15 is 0 Å². The molecule has 12 atom stereocenters. The molecule has 9 N–H and O–H groups in total. The molecule has 0 aromatic carbocycles. The molecule has 2 rings (SSSR count). The largest absolute Gasteiger partial charge is 0.394 e. The molecular weight excluding hydrogens is 1150 g/mol. The highest BCUT2D eigenvalue weighted by Gasteiger charge is 2.51. The highest BCUT2D eigenvalue weighted by atomic mass is 16.7. The SMILES string of the molecule is CC/C=C\C/C=C\C/C=C\C/C=C\C/C=C\C/C=C\C/C=C\C/C=C\C/C=C\C/C=C\C/C=C\CCCCCCCC(=O)NC(COC1OC(CO)C(OC2OC(CO)C(O)C(O)C2O)C(O)C1O)C(O)/C=C/CC/C=C/CC/C=C/CCCCCCCCCC. The van der Waals surface area contributed by atoms with Gasteiger partial charge in [-0.2, -0.15) is 0 Å². The van der Waals surface area contributed by atoms with Gasteiger partial charge in [-0.15, -0.1) is 0 Å². The zero-order valence-electron chi connectivity index (χ0n) is 55.8. The van der Waals surface area contributed by atoms with E-state index in [4.69, 9.17) is 18.9 Å². The number of carbonyl (C=O) groups is 1. The summed E-state index contributed by atoms with van der Waals surface area (Å²) in [6.07, 6.45) is 75.4. The van der Waals surface area contributed by atoms with Crippen molar-refractivity contribution >= 4 is 5.91 Å². The summed E-state index contributed by atoms with van der Waals surface area (Å²) in [5, 5.41) is 87.3. The van der Waals surface area contributed by atoms with Crippen molar-refractivity contribution in [3.05, 3.63) is 170 Å². The first kappa shape index (κ1) is 82.4. The zero-order chi connectivity index (χ0) is 65.9. The van der Waals surface area contributed by atoms with Gasteiger partial charge >= 0.3 is 0 Å². The molecule has 0 aliphatic carbocycles. The van der Waals surface area contributed by atoms with Crippen molar-refractivity contribution in [2.75, 3.05) is 19.8 Å². The maximum Gasteiger partial charge on any atom is 0.220 e. The van der Waals surface area contributed by atoms with Crippen LogP contribution in [0.4, 0.5) is 0 Å². The number of hydrogen-bond donors (Lipinski definition) is 9. The lowest BCUT2D eigenvalue weighted by Crippen LogP contribution is -2.65. The van der Waals surface area contributed by atoms with Gasteiger partial charge in [0.25, 0.3) is 0 Å². The Hall–Kier alpha value is -4.65. The van der Waals surface area contributed by atoms with Crippen molar-refractivity contribution in [1.82, 2.24) is 5.32 Å². The first-order chi connectivity index (χ1) is 44.6. The van der Waals surface area contributed by atoms with E-state index in [1.54, 1.807) is 6.08 Å². The van der Waals surface area contributed by atoms with E-state index in [1.807, 2.05) is 6.08 Å². The molecular formula is C77H123NO13. The van der Waals surface area contributed by atoms with Crippen LogP contribution in [0.15, 0.2) is 170 Å². The van der Waals surface area contributed by atoms with Gasteiger partial charge in [-0.3, -0.25) is 4.79 Å². The number of nitrogens with one attached hydrogen (secondary N) is 1. The van der Waals surface area contributed by atoms with Crippen molar-refractivity contribution in [1.29, 1.82) is 0 Å². The molecule has 514 valence electrons. The molecule has 91 heavy (non-hydrogen) atoms. The van der Waals surface area contributed by atoms with Crippen LogP contribution in [-0.2, 0) is 23.7 Å². The fraction of sp³-hybridized carbons (Fsp3) is 0.623. The van der Waals surface area contributed by atoms with Crippen LogP contribution in [0, 0.1) is 0 Å². The summed E-state index contributed by atoms with van der Waals surface area (Å²) in [4.78, 5) is 13.3. The number of hydrogen-bond acceptors (Lipinski definition) is 13. The van der Waals surface area contributed by atoms with Crippen LogP contribution in [-0.4, -0.2) is 140 Å². The minimum atomic E-state index is -1.80. The molecule has 2 heterocycles. The molecule has 0 bridgehead atoms. The van der Waals surface area contributed by atoms with E-state index in [9.17, 15) is 45.6 Å². The van der Waals surface area contributed by atoms with E-state index in [1.165, 1.54) is 51.4 Å². The Kier molecular flexibility index (Phi) is 53.6. The maximum absolute atomic E-state index is 13.3. The lowest BCUT2D eigenvalue weighted by molar-refractivity contribution is -0.359. The summed E-state index contributed by atoms with van der Waals surface area (Å²) < 4.78 is 22.8. The number of amides is 1. The third-order valence-corrected chi connectivity index (χ3v) is 15.6. The molecule has 14 nitrogen and oxygen atoms in total. The van der Waals surface area contributed by atoms with E-state index in [0.717, 1.165) is 128 Å². The molecule has 1 amide bonds. The predicted molar refractivity (Wildman–Crippen MR) is 373 cm³/mol. The molecule has 0 radical (unpaired) electrons.